The van der Waals surface area contributed by atoms with Crippen LogP contribution in [0.5, 0.6) is 0 Å². The van der Waals surface area contributed by atoms with Crippen molar-refractivity contribution in [2.75, 3.05) is 20.3 Å². The van der Waals surface area contributed by atoms with Crippen molar-refractivity contribution in [2.45, 2.75) is 38.6 Å². The molecule has 2 heteroatoms. The van der Waals surface area contributed by atoms with Gasteiger partial charge in [0.15, 0.2) is 0 Å². The number of hydrogen-bond acceptors (Lipinski definition) is 2. The van der Waals surface area contributed by atoms with Crippen molar-refractivity contribution in [3.63, 3.8) is 0 Å². The minimum absolute atomic E-state index is 0.637. The fourth-order valence-corrected chi connectivity index (χ4v) is 1.97. The molecule has 0 aliphatic carbocycles. The van der Waals surface area contributed by atoms with E-state index in [-0.39, 0.29) is 0 Å². The second kappa shape index (κ2) is 6.20. The fourth-order valence-electron chi connectivity index (χ4n) is 1.97. The molecule has 0 spiro atoms. The van der Waals surface area contributed by atoms with Gasteiger partial charge in [0.05, 0.1) is 0 Å². The third-order valence-electron chi connectivity index (χ3n) is 2.97. The summed E-state index contributed by atoms with van der Waals surface area (Å²) in [6.45, 7) is 7.97. The molecule has 0 radical (unpaired) electrons. The van der Waals surface area contributed by atoms with Crippen molar-refractivity contribution < 1.29 is 4.74 Å². The molecule has 14 heavy (non-hydrogen) atoms. The summed E-state index contributed by atoms with van der Waals surface area (Å²) in [6.07, 6.45) is 4.84. The van der Waals surface area contributed by atoms with E-state index in [0.717, 1.165) is 25.6 Å². The first-order chi connectivity index (χ1) is 6.72. The van der Waals surface area contributed by atoms with E-state index in [1.165, 1.54) is 24.8 Å². The predicted molar refractivity (Wildman–Crippen MR) is 60.4 cm³/mol. The predicted octanol–water partition coefficient (Wildman–Crippen LogP) is 2.36. The summed E-state index contributed by atoms with van der Waals surface area (Å²) in [5, 5.41) is 3.39. The van der Waals surface area contributed by atoms with Crippen LogP contribution in [0.1, 0.15) is 32.6 Å². The van der Waals surface area contributed by atoms with Gasteiger partial charge < -0.3 is 10.1 Å². The maximum absolute atomic E-state index is 5.38. The van der Waals surface area contributed by atoms with Crippen LogP contribution in [-0.4, -0.2) is 26.3 Å². The summed E-state index contributed by atoms with van der Waals surface area (Å²) in [5.41, 5.74) is 1.29. The minimum atomic E-state index is 0.637. The van der Waals surface area contributed by atoms with Crippen LogP contribution >= 0.6 is 0 Å². The van der Waals surface area contributed by atoms with Gasteiger partial charge in [-0.1, -0.05) is 5.57 Å². The van der Waals surface area contributed by atoms with Crippen LogP contribution < -0.4 is 5.32 Å². The Bertz CT molecular complexity index is 173. The molecule has 1 heterocycles. The molecule has 0 aromatic rings. The van der Waals surface area contributed by atoms with Crippen LogP contribution in [0.3, 0.4) is 0 Å². The van der Waals surface area contributed by atoms with Gasteiger partial charge in [-0.05, 0) is 45.6 Å². The molecule has 1 saturated heterocycles. The number of rotatable bonds is 6. The van der Waals surface area contributed by atoms with Crippen molar-refractivity contribution in [3.05, 3.63) is 12.2 Å². The lowest BCUT2D eigenvalue weighted by atomic mass is 9.95. The van der Waals surface area contributed by atoms with Gasteiger partial charge in [0, 0.05) is 19.3 Å². The summed E-state index contributed by atoms with van der Waals surface area (Å²) in [5.74, 6) is 0.776. The zero-order valence-electron chi connectivity index (χ0n) is 9.51. The Labute approximate surface area is 87.7 Å². The summed E-state index contributed by atoms with van der Waals surface area (Å²) < 4.78 is 5.38. The molecule has 0 amide bonds. The molecule has 0 aromatic carbocycles. The molecule has 0 saturated carbocycles. The first kappa shape index (κ1) is 11.7. The maximum Gasteiger partial charge on any atom is 0.0495 e. The number of allylic oxidation sites excluding steroid dienone is 1. The summed E-state index contributed by atoms with van der Waals surface area (Å²) >= 11 is 0. The minimum Gasteiger partial charge on any atom is -0.381 e. The highest BCUT2D eigenvalue weighted by Crippen LogP contribution is 2.20. The lowest BCUT2D eigenvalue weighted by Crippen LogP contribution is -2.28. The van der Waals surface area contributed by atoms with Gasteiger partial charge >= 0.3 is 0 Å². The van der Waals surface area contributed by atoms with Crippen LogP contribution in [-0.2, 0) is 4.74 Å². The Balaban J connectivity index is 2.19. The van der Waals surface area contributed by atoms with Gasteiger partial charge in [-0.15, -0.1) is 6.58 Å². The van der Waals surface area contributed by atoms with E-state index in [9.17, 15) is 0 Å². The van der Waals surface area contributed by atoms with Crippen molar-refractivity contribution in [2.24, 2.45) is 5.92 Å². The second-order valence-corrected chi connectivity index (χ2v) is 4.45. The van der Waals surface area contributed by atoms with Crippen molar-refractivity contribution in [1.29, 1.82) is 0 Å². The zero-order chi connectivity index (χ0) is 10.4. The molecule has 2 nitrogen and oxygen atoms in total. The van der Waals surface area contributed by atoms with E-state index in [0.29, 0.717) is 6.04 Å². The Morgan fingerprint density at radius 3 is 2.93 bits per heavy atom. The summed E-state index contributed by atoms with van der Waals surface area (Å²) in [7, 11) is 2.05. The van der Waals surface area contributed by atoms with Crippen LogP contribution in [0.15, 0.2) is 12.2 Å². The Morgan fingerprint density at radius 1 is 1.64 bits per heavy atom. The van der Waals surface area contributed by atoms with Crippen LogP contribution in [0.4, 0.5) is 0 Å². The van der Waals surface area contributed by atoms with E-state index in [2.05, 4.69) is 25.9 Å². The Kier molecular flexibility index (Phi) is 5.20. The molecule has 1 aliphatic rings. The monoisotopic (exact) mass is 197 g/mol. The Morgan fingerprint density at radius 2 is 2.43 bits per heavy atom. The van der Waals surface area contributed by atoms with E-state index in [1.54, 1.807) is 0 Å². The molecule has 0 aromatic heterocycles. The first-order valence-corrected chi connectivity index (χ1v) is 5.61. The van der Waals surface area contributed by atoms with Crippen LogP contribution in [0, 0.1) is 5.92 Å². The third kappa shape index (κ3) is 4.25. The first-order valence-electron chi connectivity index (χ1n) is 5.61. The highest BCUT2D eigenvalue weighted by Gasteiger charge is 2.19. The average molecular weight is 197 g/mol. The molecule has 1 aliphatic heterocycles. The molecule has 1 fully saturated rings. The largest absolute Gasteiger partial charge is 0.381 e. The quantitative estimate of drug-likeness (QED) is 0.660. The summed E-state index contributed by atoms with van der Waals surface area (Å²) in [4.78, 5) is 0. The molecule has 1 rings (SSSR count). The van der Waals surface area contributed by atoms with Crippen LogP contribution in [0.2, 0.25) is 0 Å². The zero-order valence-corrected chi connectivity index (χ0v) is 9.51. The van der Waals surface area contributed by atoms with E-state index in [1.807, 2.05) is 0 Å². The van der Waals surface area contributed by atoms with Crippen molar-refractivity contribution in [1.82, 2.24) is 5.32 Å². The molecular formula is C12H23NO. The van der Waals surface area contributed by atoms with Gasteiger partial charge in [0.2, 0.25) is 0 Å². The molecule has 0 bridgehead atoms. The fraction of sp³-hybridized carbons (Fsp3) is 0.833. The normalized spacial score (nSPS) is 23.7. The standard InChI is InChI=1S/C12H23NO/c1-10(2)4-5-12(13-3)8-11-6-7-14-9-11/h11-13H,1,4-9H2,2-3H3. The number of nitrogens with one attached hydrogen (secondary N) is 1. The van der Waals surface area contributed by atoms with Crippen molar-refractivity contribution in [3.8, 4) is 0 Å². The lowest BCUT2D eigenvalue weighted by Gasteiger charge is -2.19. The van der Waals surface area contributed by atoms with Gasteiger partial charge in [-0.2, -0.15) is 0 Å². The molecule has 82 valence electrons. The van der Waals surface area contributed by atoms with Gasteiger partial charge in [-0.25, -0.2) is 0 Å². The highest BCUT2D eigenvalue weighted by molar-refractivity contribution is 4.89. The van der Waals surface area contributed by atoms with E-state index >= 15 is 0 Å². The van der Waals surface area contributed by atoms with Gasteiger partial charge in [-0.3, -0.25) is 0 Å². The topological polar surface area (TPSA) is 21.3 Å². The molecular weight excluding hydrogens is 174 g/mol. The van der Waals surface area contributed by atoms with Crippen LogP contribution in [0.25, 0.3) is 0 Å². The van der Waals surface area contributed by atoms with Gasteiger partial charge in [0.1, 0.15) is 0 Å². The Hall–Kier alpha value is -0.340. The average Bonchev–Trinajstić information content (AvgIpc) is 2.64. The molecule has 2 atom stereocenters. The highest BCUT2D eigenvalue weighted by atomic mass is 16.5. The van der Waals surface area contributed by atoms with E-state index in [4.69, 9.17) is 4.74 Å². The SMILES string of the molecule is C=C(C)CCC(CC1CCOC1)NC. The molecule has 1 N–H and O–H groups in total. The van der Waals surface area contributed by atoms with E-state index < -0.39 is 0 Å². The second-order valence-electron chi connectivity index (χ2n) is 4.45. The number of hydrogen-bond donors (Lipinski definition) is 1. The van der Waals surface area contributed by atoms with Gasteiger partial charge in [0.25, 0.3) is 0 Å². The van der Waals surface area contributed by atoms with Crippen molar-refractivity contribution >= 4 is 0 Å². The summed E-state index contributed by atoms with van der Waals surface area (Å²) in [6, 6.07) is 0.637. The smallest absolute Gasteiger partial charge is 0.0495 e. The maximum atomic E-state index is 5.38. The molecule has 2 unspecified atom stereocenters. The third-order valence-corrected chi connectivity index (χ3v) is 2.97. The number of ether oxygens (including phenoxy) is 1. The lowest BCUT2D eigenvalue weighted by molar-refractivity contribution is 0.181.